The van der Waals surface area contributed by atoms with Crippen molar-refractivity contribution in [2.75, 3.05) is 28.6 Å². The molecule has 5 nitrogen and oxygen atoms in total. The zero-order valence-electron chi connectivity index (χ0n) is 16.4. The highest BCUT2D eigenvalue weighted by molar-refractivity contribution is 5.96. The van der Waals surface area contributed by atoms with E-state index in [1.165, 1.54) is 5.56 Å². The molecule has 0 bridgehead atoms. The second-order valence-electron chi connectivity index (χ2n) is 7.95. The van der Waals surface area contributed by atoms with Crippen molar-refractivity contribution in [3.8, 4) is 0 Å². The monoisotopic (exact) mass is 365 g/mol. The van der Waals surface area contributed by atoms with E-state index in [1.807, 2.05) is 42.5 Å². The molecule has 1 aliphatic heterocycles. The topological polar surface area (TPSA) is 61.4 Å². The Morgan fingerprint density at radius 1 is 1.07 bits per heavy atom. The lowest BCUT2D eigenvalue weighted by Gasteiger charge is -2.19. The highest BCUT2D eigenvalue weighted by Crippen LogP contribution is 2.33. The van der Waals surface area contributed by atoms with Crippen molar-refractivity contribution in [2.24, 2.45) is 0 Å². The van der Waals surface area contributed by atoms with Crippen LogP contribution >= 0.6 is 0 Å². The van der Waals surface area contributed by atoms with Crippen molar-refractivity contribution >= 4 is 28.9 Å². The van der Waals surface area contributed by atoms with E-state index in [4.69, 9.17) is 0 Å². The van der Waals surface area contributed by atoms with Crippen molar-refractivity contribution in [3.63, 3.8) is 0 Å². The summed E-state index contributed by atoms with van der Waals surface area (Å²) >= 11 is 0. The molecule has 2 amide bonds. The van der Waals surface area contributed by atoms with Crippen molar-refractivity contribution in [1.82, 2.24) is 0 Å². The maximum absolute atomic E-state index is 12.3. The van der Waals surface area contributed by atoms with Gasteiger partial charge >= 0.3 is 0 Å². The molecule has 2 aromatic carbocycles. The number of nitrogens with one attached hydrogen (secondary N) is 2. The van der Waals surface area contributed by atoms with Crippen LogP contribution in [0.25, 0.3) is 0 Å². The predicted molar refractivity (Wildman–Crippen MR) is 110 cm³/mol. The Balaban J connectivity index is 1.61. The molecule has 0 atom stereocenters. The Morgan fingerprint density at radius 3 is 2.41 bits per heavy atom. The fraction of sp³-hybridized carbons (Fsp3) is 0.364. The number of anilines is 3. The third kappa shape index (κ3) is 4.30. The standard InChI is InChI=1S/C22H27N3O2/c1-15(26)25-13-12-18-19(6-5-7-20(18)25)23-14-21(27)24-17-10-8-16(9-11-17)22(2,3)4/h5-11,23H,12-14H2,1-4H3,(H,24,27). The number of nitrogens with zero attached hydrogens (tertiary/aromatic N) is 1. The fourth-order valence-electron chi connectivity index (χ4n) is 3.36. The van der Waals surface area contributed by atoms with Crippen molar-refractivity contribution < 1.29 is 9.59 Å². The van der Waals surface area contributed by atoms with Gasteiger partial charge in [0.25, 0.3) is 0 Å². The third-order valence-corrected chi connectivity index (χ3v) is 4.88. The zero-order valence-corrected chi connectivity index (χ0v) is 16.4. The average Bonchev–Trinajstić information content (AvgIpc) is 3.04. The number of hydrogen-bond donors (Lipinski definition) is 2. The minimum absolute atomic E-state index is 0.0438. The summed E-state index contributed by atoms with van der Waals surface area (Å²) < 4.78 is 0. The van der Waals surface area contributed by atoms with E-state index in [-0.39, 0.29) is 23.8 Å². The first kappa shape index (κ1) is 19.0. The van der Waals surface area contributed by atoms with Crippen molar-refractivity contribution in [1.29, 1.82) is 0 Å². The van der Waals surface area contributed by atoms with E-state index in [0.717, 1.165) is 29.0 Å². The molecule has 2 aromatic rings. The van der Waals surface area contributed by atoms with Crippen LogP contribution in [0, 0.1) is 0 Å². The summed E-state index contributed by atoms with van der Waals surface area (Å²) in [5.74, 6) is -0.0557. The summed E-state index contributed by atoms with van der Waals surface area (Å²) in [6.07, 6.45) is 0.800. The Morgan fingerprint density at radius 2 is 1.78 bits per heavy atom. The van der Waals surface area contributed by atoms with Gasteiger partial charge in [-0.3, -0.25) is 9.59 Å². The molecule has 27 heavy (non-hydrogen) atoms. The molecule has 0 saturated heterocycles. The van der Waals surface area contributed by atoms with Gasteiger partial charge in [-0.15, -0.1) is 0 Å². The van der Waals surface area contributed by atoms with Gasteiger partial charge in [-0.2, -0.15) is 0 Å². The lowest BCUT2D eigenvalue weighted by atomic mass is 9.87. The minimum Gasteiger partial charge on any atom is -0.376 e. The normalized spacial score (nSPS) is 13.3. The highest BCUT2D eigenvalue weighted by atomic mass is 16.2. The molecular weight excluding hydrogens is 338 g/mol. The van der Waals surface area contributed by atoms with Gasteiger partial charge in [-0.1, -0.05) is 39.0 Å². The second kappa shape index (κ2) is 7.43. The summed E-state index contributed by atoms with van der Waals surface area (Å²) in [5.41, 5.74) is 5.05. The SMILES string of the molecule is CC(=O)N1CCc2c(NCC(=O)Nc3ccc(C(C)(C)C)cc3)cccc21. The number of carbonyl (C=O) groups excluding carboxylic acids is 2. The summed E-state index contributed by atoms with van der Waals surface area (Å²) in [6, 6.07) is 13.8. The number of amides is 2. The number of hydrogen-bond acceptors (Lipinski definition) is 3. The summed E-state index contributed by atoms with van der Waals surface area (Å²) in [5, 5.41) is 6.13. The van der Waals surface area contributed by atoms with Crippen LogP contribution < -0.4 is 15.5 Å². The van der Waals surface area contributed by atoms with Crippen LogP contribution in [0.1, 0.15) is 38.8 Å². The molecule has 0 saturated carbocycles. The molecular formula is C22H27N3O2. The Bertz CT molecular complexity index is 851. The molecule has 0 radical (unpaired) electrons. The van der Waals surface area contributed by atoms with Crippen LogP contribution in [-0.4, -0.2) is 24.9 Å². The van der Waals surface area contributed by atoms with Crippen molar-refractivity contribution in [2.45, 2.75) is 39.5 Å². The van der Waals surface area contributed by atoms with Gasteiger partial charge in [0, 0.05) is 36.1 Å². The highest BCUT2D eigenvalue weighted by Gasteiger charge is 2.24. The first-order chi connectivity index (χ1) is 12.8. The van der Waals surface area contributed by atoms with E-state index < -0.39 is 0 Å². The minimum atomic E-state index is -0.0995. The predicted octanol–water partition coefficient (Wildman–Crippen LogP) is 3.94. The second-order valence-corrected chi connectivity index (χ2v) is 7.95. The number of benzene rings is 2. The van der Waals surface area contributed by atoms with Crippen LogP contribution in [0.5, 0.6) is 0 Å². The molecule has 1 aliphatic rings. The molecule has 1 heterocycles. The van der Waals surface area contributed by atoms with Gasteiger partial charge in [0.15, 0.2) is 0 Å². The van der Waals surface area contributed by atoms with Gasteiger partial charge in [0.2, 0.25) is 11.8 Å². The smallest absolute Gasteiger partial charge is 0.243 e. The van der Waals surface area contributed by atoms with Crippen LogP contribution in [0.2, 0.25) is 0 Å². The summed E-state index contributed by atoms with van der Waals surface area (Å²) in [4.78, 5) is 25.8. The Hall–Kier alpha value is -2.82. The molecule has 2 N–H and O–H groups in total. The van der Waals surface area contributed by atoms with Crippen LogP contribution in [0.4, 0.5) is 17.1 Å². The van der Waals surface area contributed by atoms with E-state index in [0.29, 0.717) is 6.54 Å². The first-order valence-electron chi connectivity index (χ1n) is 9.30. The fourth-order valence-corrected chi connectivity index (χ4v) is 3.36. The van der Waals surface area contributed by atoms with Gasteiger partial charge in [0.1, 0.15) is 0 Å². The molecule has 0 unspecified atom stereocenters. The largest absolute Gasteiger partial charge is 0.376 e. The Labute approximate surface area is 160 Å². The van der Waals surface area contributed by atoms with Crippen molar-refractivity contribution in [3.05, 3.63) is 53.6 Å². The Kier molecular flexibility index (Phi) is 5.22. The van der Waals surface area contributed by atoms with Gasteiger partial charge < -0.3 is 15.5 Å². The maximum atomic E-state index is 12.3. The van der Waals surface area contributed by atoms with Crippen LogP contribution in [0.3, 0.4) is 0 Å². The number of carbonyl (C=O) groups is 2. The number of fused-ring (bicyclic) bond motifs is 1. The molecule has 0 spiro atoms. The van der Waals surface area contributed by atoms with E-state index >= 15 is 0 Å². The lowest BCUT2D eigenvalue weighted by Crippen LogP contribution is -2.25. The average molecular weight is 365 g/mol. The molecule has 0 aliphatic carbocycles. The van der Waals surface area contributed by atoms with E-state index in [9.17, 15) is 9.59 Å². The summed E-state index contributed by atoms with van der Waals surface area (Å²) in [6.45, 7) is 8.93. The molecule has 3 rings (SSSR count). The number of rotatable bonds is 4. The van der Waals surface area contributed by atoms with E-state index in [1.54, 1.807) is 11.8 Å². The molecule has 0 aromatic heterocycles. The maximum Gasteiger partial charge on any atom is 0.243 e. The van der Waals surface area contributed by atoms with Gasteiger partial charge in [0.05, 0.1) is 6.54 Å². The third-order valence-electron chi connectivity index (χ3n) is 4.88. The quantitative estimate of drug-likeness (QED) is 0.863. The van der Waals surface area contributed by atoms with Crippen LogP contribution in [0.15, 0.2) is 42.5 Å². The van der Waals surface area contributed by atoms with Crippen LogP contribution in [-0.2, 0) is 21.4 Å². The molecule has 5 heteroatoms. The van der Waals surface area contributed by atoms with E-state index in [2.05, 4.69) is 31.4 Å². The molecule has 0 fully saturated rings. The molecule has 142 valence electrons. The first-order valence-corrected chi connectivity index (χ1v) is 9.30. The summed E-state index contributed by atoms with van der Waals surface area (Å²) in [7, 11) is 0. The van der Waals surface area contributed by atoms with Gasteiger partial charge in [-0.25, -0.2) is 0 Å². The zero-order chi connectivity index (χ0) is 19.6. The van der Waals surface area contributed by atoms with Gasteiger partial charge in [-0.05, 0) is 41.7 Å². The lowest BCUT2D eigenvalue weighted by molar-refractivity contribution is -0.116.